The van der Waals surface area contributed by atoms with Crippen molar-refractivity contribution in [3.63, 3.8) is 0 Å². The van der Waals surface area contributed by atoms with Crippen LogP contribution in [0.1, 0.15) is 15.9 Å². The number of esters is 1. The minimum atomic E-state index is -0.680. The number of fused-ring (bicyclic) bond motifs is 1. The second-order valence-electron chi connectivity index (χ2n) is 3.83. The first-order valence-corrected chi connectivity index (χ1v) is 5.08. The summed E-state index contributed by atoms with van der Waals surface area (Å²) in [6.07, 6.45) is 0. The second-order valence-corrected chi connectivity index (χ2v) is 3.83. The molecule has 88 valence electrons. The normalized spacial score (nSPS) is 10.5. The van der Waals surface area contributed by atoms with Crippen molar-refractivity contribution >= 4 is 16.7 Å². The molecule has 0 spiro atoms. The molecule has 4 heteroatoms. The largest absolute Gasteiger partial charge is 0.507 e. The van der Waals surface area contributed by atoms with Gasteiger partial charge in [0.15, 0.2) is 0 Å². The molecule has 2 rings (SSSR count). The van der Waals surface area contributed by atoms with Crippen LogP contribution in [0, 0.1) is 6.92 Å². The Balaban J connectivity index is 2.81. The molecule has 0 unspecified atom stereocenters. The third kappa shape index (κ3) is 1.78. The maximum absolute atomic E-state index is 11.4. The number of phenols is 2. The van der Waals surface area contributed by atoms with Crippen molar-refractivity contribution in [2.75, 3.05) is 7.11 Å². The molecular weight excluding hydrogens is 220 g/mol. The highest BCUT2D eigenvalue weighted by Crippen LogP contribution is 2.36. The molecule has 2 aromatic carbocycles. The van der Waals surface area contributed by atoms with E-state index in [1.54, 1.807) is 18.2 Å². The number of methoxy groups -OCH3 is 1. The lowest BCUT2D eigenvalue weighted by molar-refractivity contribution is 0.0597. The molecule has 0 radical (unpaired) electrons. The number of aromatic hydroxyl groups is 2. The molecule has 0 aliphatic heterocycles. The van der Waals surface area contributed by atoms with Crippen molar-refractivity contribution in [2.24, 2.45) is 0 Å². The van der Waals surface area contributed by atoms with Crippen molar-refractivity contribution in [1.29, 1.82) is 0 Å². The van der Waals surface area contributed by atoms with Gasteiger partial charge in [-0.3, -0.25) is 0 Å². The summed E-state index contributed by atoms with van der Waals surface area (Å²) in [5.74, 6) is -0.910. The van der Waals surface area contributed by atoms with Crippen LogP contribution in [0.2, 0.25) is 0 Å². The second kappa shape index (κ2) is 3.97. The van der Waals surface area contributed by atoms with Crippen LogP contribution in [0.25, 0.3) is 10.8 Å². The Morgan fingerprint density at radius 3 is 2.53 bits per heavy atom. The lowest BCUT2D eigenvalue weighted by Gasteiger charge is -2.09. The molecule has 0 fully saturated rings. The standard InChI is InChI=1S/C13H12O4/c1-7-3-4-8-9(5-7)11(14)6-10(12(8)15)13(16)17-2/h3-6,14-15H,1-2H3. The number of ether oxygens (including phenoxy) is 1. The van der Waals surface area contributed by atoms with Crippen molar-refractivity contribution in [3.05, 3.63) is 35.4 Å². The summed E-state index contributed by atoms with van der Waals surface area (Å²) < 4.78 is 4.53. The summed E-state index contributed by atoms with van der Waals surface area (Å²) >= 11 is 0. The average molecular weight is 232 g/mol. The predicted octanol–water partition coefficient (Wildman–Crippen LogP) is 2.35. The average Bonchev–Trinajstić information content (AvgIpc) is 2.32. The van der Waals surface area contributed by atoms with E-state index < -0.39 is 5.97 Å². The highest BCUT2D eigenvalue weighted by molar-refractivity contribution is 6.03. The number of phenolic OH excluding ortho intramolecular Hbond substituents is 2. The first-order chi connectivity index (χ1) is 8.04. The third-order valence-corrected chi connectivity index (χ3v) is 2.65. The van der Waals surface area contributed by atoms with Crippen molar-refractivity contribution in [1.82, 2.24) is 0 Å². The van der Waals surface area contributed by atoms with E-state index in [-0.39, 0.29) is 17.1 Å². The summed E-state index contributed by atoms with van der Waals surface area (Å²) in [4.78, 5) is 11.4. The summed E-state index contributed by atoms with van der Waals surface area (Å²) in [7, 11) is 1.22. The molecular formula is C13H12O4. The van der Waals surface area contributed by atoms with E-state index in [4.69, 9.17) is 0 Å². The van der Waals surface area contributed by atoms with Gasteiger partial charge in [-0.05, 0) is 19.1 Å². The Labute approximate surface area is 98.1 Å². The van der Waals surface area contributed by atoms with E-state index in [1.807, 2.05) is 6.92 Å². The molecule has 17 heavy (non-hydrogen) atoms. The molecule has 2 N–H and O–H groups in total. The molecule has 4 nitrogen and oxygen atoms in total. The summed E-state index contributed by atoms with van der Waals surface area (Å²) in [5.41, 5.74) is 0.916. The molecule has 0 atom stereocenters. The van der Waals surface area contributed by atoms with Gasteiger partial charge in [-0.1, -0.05) is 17.7 Å². The lowest BCUT2D eigenvalue weighted by Crippen LogP contribution is -2.01. The van der Waals surface area contributed by atoms with Crippen LogP contribution in [-0.2, 0) is 4.74 Å². The molecule has 0 amide bonds. The molecule has 0 saturated carbocycles. The zero-order valence-corrected chi connectivity index (χ0v) is 9.52. The monoisotopic (exact) mass is 232 g/mol. The Morgan fingerprint density at radius 1 is 1.18 bits per heavy atom. The number of carbonyl (C=O) groups is 1. The molecule has 0 saturated heterocycles. The fraction of sp³-hybridized carbons (Fsp3) is 0.154. The number of hydrogen-bond acceptors (Lipinski definition) is 4. The van der Waals surface area contributed by atoms with E-state index >= 15 is 0 Å². The van der Waals surface area contributed by atoms with Gasteiger partial charge in [-0.2, -0.15) is 0 Å². The van der Waals surface area contributed by atoms with Crippen molar-refractivity contribution in [3.8, 4) is 11.5 Å². The van der Waals surface area contributed by atoms with Gasteiger partial charge >= 0.3 is 5.97 Å². The first-order valence-electron chi connectivity index (χ1n) is 5.08. The number of hydrogen-bond donors (Lipinski definition) is 2. The van der Waals surface area contributed by atoms with Crippen molar-refractivity contribution in [2.45, 2.75) is 6.92 Å². The molecule has 0 aromatic heterocycles. The predicted molar refractivity (Wildman–Crippen MR) is 63.4 cm³/mol. The highest BCUT2D eigenvalue weighted by atomic mass is 16.5. The Bertz CT molecular complexity index is 602. The van der Waals surface area contributed by atoms with E-state index in [0.717, 1.165) is 5.56 Å². The molecule has 0 heterocycles. The Morgan fingerprint density at radius 2 is 1.88 bits per heavy atom. The maximum Gasteiger partial charge on any atom is 0.341 e. The molecule has 0 aliphatic rings. The zero-order chi connectivity index (χ0) is 12.6. The van der Waals surface area contributed by atoms with Crippen LogP contribution in [0.5, 0.6) is 11.5 Å². The maximum atomic E-state index is 11.4. The van der Waals surface area contributed by atoms with Crippen LogP contribution in [0.15, 0.2) is 24.3 Å². The van der Waals surface area contributed by atoms with E-state index in [2.05, 4.69) is 4.74 Å². The summed E-state index contributed by atoms with van der Waals surface area (Å²) in [6.45, 7) is 1.88. The van der Waals surface area contributed by atoms with Crippen molar-refractivity contribution < 1.29 is 19.7 Å². The van der Waals surface area contributed by atoms with Gasteiger partial charge in [0, 0.05) is 10.8 Å². The molecule has 0 aliphatic carbocycles. The van der Waals surface area contributed by atoms with Crippen LogP contribution in [-0.4, -0.2) is 23.3 Å². The van der Waals surface area contributed by atoms with Crippen LogP contribution in [0.4, 0.5) is 0 Å². The fourth-order valence-electron chi connectivity index (χ4n) is 1.77. The van der Waals surface area contributed by atoms with Gasteiger partial charge in [0.25, 0.3) is 0 Å². The minimum Gasteiger partial charge on any atom is -0.507 e. The quantitative estimate of drug-likeness (QED) is 0.585. The SMILES string of the molecule is COC(=O)c1cc(O)c2cc(C)ccc2c1O. The number of carbonyl (C=O) groups excluding carboxylic acids is 1. The van der Waals surface area contributed by atoms with Crippen LogP contribution in [0.3, 0.4) is 0 Å². The van der Waals surface area contributed by atoms with Gasteiger partial charge in [-0.15, -0.1) is 0 Å². The first kappa shape index (κ1) is 11.3. The topological polar surface area (TPSA) is 66.8 Å². The minimum absolute atomic E-state index is 0.0404. The Hall–Kier alpha value is -2.23. The molecule has 2 aromatic rings. The van der Waals surface area contributed by atoms with E-state index in [1.165, 1.54) is 13.2 Å². The third-order valence-electron chi connectivity index (χ3n) is 2.65. The van der Waals surface area contributed by atoms with E-state index in [0.29, 0.717) is 10.8 Å². The number of rotatable bonds is 1. The Kier molecular flexibility index (Phi) is 2.63. The fourth-order valence-corrected chi connectivity index (χ4v) is 1.77. The van der Waals surface area contributed by atoms with Gasteiger partial charge in [0.1, 0.15) is 17.1 Å². The van der Waals surface area contributed by atoms with Gasteiger partial charge in [-0.25, -0.2) is 4.79 Å². The number of benzene rings is 2. The zero-order valence-electron chi connectivity index (χ0n) is 9.52. The van der Waals surface area contributed by atoms with Gasteiger partial charge in [0.2, 0.25) is 0 Å². The van der Waals surface area contributed by atoms with Gasteiger partial charge in [0.05, 0.1) is 7.11 Å². The van der Waals surface area contributed by atoms with Crippen LogP contribution < -0.4 is 0 Å². The van der Waals surface area contributed by atoms with E-state index in [9.17, 15) is 15.0 Å². The smallest absolute Gasteiger partial charge is 0.341 e. The van der Waals surface area contributed by atoms with Gasteiger partial charge < -0.3 is 14.9 Å². The van der Waals surface area contributed by atoms with Crippen LogP contribution >= 0.6 is 0 Å². The summed E-state index contributed by atoms with van der Waals surface area (Å²) in [5, 5.41) is 20.7. The molecule has 0 bridgehead atoms. The number of aryl methyl sites for hydroxylation is 1. The highest BCUT2D eigenvalue weighted by Gasteiger charge is 2.17. The summed E-state index contributed by atoms with van der Waals surface area (Å²) in [6, 6.07) is 6.41. The lowest BCUT2D eigenvalue weighted by atomic mass is 10.0.